The van der Waals surface area contributed by atoms with Crippen LogP contribution in [0.25, 0.3) is 0 Å². The predicted octanol–water partition coefficient (Wildman–Crippen LogP) is -0.00186. The molecule has 0 N–H and O–H groups in total. The van der Waals surface area contributed by atoms with Crippen LogP contribution in [0.2, 0.25) is 0 Å². The molecule has 1 rings (SSSR count). The molecule has 5 nitrogen and oxygen atoms in total. The molecule has 7 heteroatoms. The van der Waals surface area contributed by atoms with Gasteiger partial charge in [0.05, 0.1) is 0 Å². The molecule has 0 amide bonds. The first-order valence-electron chi connectivity index (χ1n) is 3.05. The summed E-state index contributed by atoms with van der Waals surface area (Å²) in [6, 6.07) is 12.0. The first kappa shape index (κ1) is 24.6. The van der Waals surface area contributed by atoms with Gasteiger partial charge in [0.25, 0.3) is 0 Å². The molecule has 16 heavy (non-hydrogen) atoms. The van der Waals surface area contributed by atoms with Crippen LogP contribution in [0.4, 0.5) is 0 Å². The Kier molecular flexibility index (Phi) is 45.0. The van der Waals surface area contributed by atoms with Crippen LogP contribution in [0.1, 0.15) is 0 Å². The van der Waals surface area contributed by atoms with E-state index in [1.165, 1.54) is 7.11 Å². The van der Waals surface area contributed by atoms with Gasteiger partial charge in [-0.1, -0.05) is 0 Å². The molecular formula is C9H6FeO5S. The van der Waals surface area contributed by atoms with E-state index in [0.29, 0.717) is 0 Å². The van der Waals surface area contributed by atoms with E-state index in [4.69, 9.17) is 9.30 Å². The summed E-state index contributed by atoms with van der Waals surface area (Å²) < 4.78 is 38.1. The smallest absolute Gasteiger partial charge is 0.999 e. The van der Waals surface area contributed by atoms with E-state index < -0.39 is 11.1 Å². The maximum absolute atomic E-state index is 9.47. The number of methoxy groups -OCH3 is 1. The van der Waals surface area contributed by atoms with E-state index in [0.717, 1.165) is 0 Å². The van der Waals surface area contributed by atoms with Crippen molar-refractivity contribution in [3.05, 3.63) is 43.6 Å². The Balaban J connectivity index is -0.0000000658. The van der Waals surface area contributed by atoms with Gasteiger partial charge in [-0.3, -0.25) is 4.21 Å². The molecule has 0 saturated heterocycles. The van der Waals surface area contributed by atoms with Gasteiger partial charge < -0.3 is 39.6 Å². The fraction of sp³-hybridized carbons (Fsp3) is 0.222. The van der Waals surface area contributed by atoms with E-state index >= 15 is 0 Å². The van der Waals surface area contributed by atoms with Crippen molar-refractivity contribution in [2.24, 2.45) is 0 Å². The van der Waals surface area contributed by atoms with E-state index in [-0.39, 0.29) is 23.0 Å². The summed E-state index contributed by atoms with van der Waals surface area (Å²) >= 11 is -2.04. The average molecular weight is 282 g/mol. The molecule has 1 aromatic rings. The van der Waals surface area contributed by atoms with Gasteiger partial charge in [0.1, 0.15) is 5.94 Å². The minimum Gasteiger partial charge on any atom is -0.999 e. The van der Waals surface area contributed by atoms with Crippen molar-refractivity contribution in [2.75, 3.05) is 13.0 Å². The van der Waals surface area contributed by atoms with E-state index in [9.17, 15) is 8.76 Å². The summed E-state index contributed by atoms with van der Waals surface area (Å²) in [7, 11) is 1.33. The van der Waals surface area contributed by atoms with Gasteiger partial charge >= 0.3 is 39.7 Å². The van der Waals surface area contributed by atoms with Crippen LogP contribution in [0.15, 0.2) is 6.07 Å². The molecule has 1 aromatic carbocycles. The van der Waals surface area contributed by atoms with E-state index in [1.807, 2.05) is 0 Å². The van der Waals surface area contributed by atoms with Gasteiger partial charge in [-0.25, -0.2) is 0 Å². The summed E-state index contributed by atoms with van der Waals surface area (Å²) in [5.74, 6) is -0.208. The van der Waals surface area contributed by atoms with Gasteiger partial charge in [-0.2, -0.15) is 0 Å². The molecule has 0 fully saturated rings. The second-order valence-electron chi connectivity index (χ2n) is 1.39. The Morgan fingerprint density at radius 1 is 1.31 bits per heavy atom. The summed E-state index contributed by atoms with van der Waals surface area (Å²) in [6.45, 7) is 9.00. The first-order valence-corrected chi connectivity index (χ1v) is 4.30. The molecule has 0 aromatic heterocycles. The Morgan fingerprint density at radius 2 is 1.69 bits per heavy atom. The Hall–Kier alpha value is -0.581. The maximum atomic E-state index is 9.47. The first-order chi connectivity index (χ1) is 7.27. The van der Waals surface area contributed by atoms with Crippen molar-refractivity contribution in [3.8, 4) is 0 Å². The number of hydrogen-bond acceptors (Lipinski definition) is 3. The van der Waals surface area contributed by atoms with Crippen LogP contribution >= 0.6 is 0 Å². The molecule has 0 aliphatic carbocycles. The van der Waals surface area contributed by atoms with Crippen molar-refractivity contribution in [3.63, 3.8) is 0 Å². The quantitative estimate of drug-likeness (QED) is 0.331. The zero-order valence-electron chi connectivity index (χ0n) is 8.09. The van der Waals surface area contributed by atoms with Gasteiger partial charge in [-0.15, -0.1) is 0 Å². The van der Waals surface area contributed by atoms with Crippen molar-refractivity contribution in [1.29, 1.82) is 0 Å². The fourth-order valence-electron chi connectivity index (χ4n) is 0.277. The van der Waals surface area contributed by atoms with Gasteiger partial charge in [0.15, 0.2) is 0 Å². The third kappa shape index (κ3) is 37.6. The molecule has 0 saturated carbocycles. The Bertz CT molecular complexity index is 222. The number of hydrogen-bond donors (Lipinski definition) is 0. The normalized spacial score (nSPS) is 8.12. The van der Waals surface area contributed by atoms with Crippen molar-refractivity contribution >= 4 is 11.1 Å². The Labute approximate surface area is 108 Å². The SMILES string of the molecule is COCS(=O)[O-].[C-]#[O+].[C-]#[O+].[Fe+6].[c-]1[c-][c-][cH-][c-]1. The van der Waals surface area contributed by atoms with Crippen LogP contribution in [-0.4, -0.2) is 21.8 Å². The maximum Gasteiger partial charge on any atom is 6.00 e. The molecule has 0 radical (unpaired) electrons. The third-order valence-electron chi connectivity index (χ3n) is 0.565. The molecule has 0 aliphatic heterocycles. The fourth-order valence-corrected chi connectivity index (χ4v) is 0.469. The van der Waals surface area contributed by atoms with Crippen LogP contribution in [0, 0.1) is 37.6 Å². The molecule has 1 atom stereocenters. The molecular weight excluding hydrogens is 276 g/mol. The minimum atomic E-state index is -2.04. The monoisotopic (exact) mass is 282 g/mol. The van der Waals surface area contributed by atoms with E-state index in [1.54, 1.807) is 6.07 Å². The van der Waals surface area contributed by atoms with Crippen LogP contribution < -0.4 is 0 Å². The van der Waals surface area contributed by atoms with Crippen molar-refractivity contribution in [1.82, 2.24) is 0 Å². The Morgan fingerprint density at radius 3 is 1.75 bits per heavy atom. The molecule has 1 unspecified atom stereocenters. The predicted molar refractivity (Wildman–Crippen MR) is 46.0 cm³/mol. The van der Waals surface area contributed by atoms with Crippen LogP contribution in [0.3, 0.4) is 0 Å². The topological polar surface area (TPSA) is 89.2 Å². The van der Waals surface area contributed by atoms with Crippen LogP contribution in [0.5, 0.6) is 0 Å². The molecule has 86 valence electrons. The van der Waals surface area contributed by atoms with Crippen molar-refractivity contribution < 1.29 is 39.9 Å². The number of rotatable bonds is 2. The van der Waals surface area contributed by atoms with Gasteiger partial charge in [0.2, 0.25) is 0 Å². The largest absolute Gasteiger partial charge is 6.00 e. The molecule has 0 spiro atoms. The second kappa shape index (κ2) is 29.3. The second-order valence-corrected chi connectivity index (χ2v) is 2.24. The number of ether oxygens (including phenoxy) is 1. The van der Waals surface area contributed by atoms with Gasteiger partial charge in [0, 0.05) is 7.11 Å². The van der Waals surface area contributed by atoms with Crippen molar-refractivity contribution in [2.45, 2.75) is 0 Å². The average Bonchev–Trinajstić information content (AvgIpc) is 2.82. The van der Waals surface area contributed by atoms with E-state index in [2.05, 4.69) is 42.3 Å². The zero-order chi connectivity index (χ0) is 12.5. The third-order valence-corrected chi connectivity index (χ3v) is 0.993. The molecule has 0 aliphatic rings. The van der Waals surface area contributed by atoms with Crippen LogP contribution in [-0.2, 0) is 42.2 Å². The van der Waals surface area contributed by atoms with Gasteiger partial charge in [-0.05, 0) is 11.1 Å². The summed E-state index contributed by atoms with van der Waals surface area (Å²) in [5, 5.41) is 0. The summed E-state index contributed by atoms with van der Waals surface area (Å²) in [4.78, 5) is 0. The summed E-state index contributed by atoms with van der Waals surface area (Å²) in [5.41, 5.74) is 0. The minimum absolute atomic E-state index is 0. The zero-order valence-corrected chi connectivity index (χ0v) is 10.0. The molecule has 0 heterocycles. The standard InChI is InChI=1S/C5H.C2H6O3S.2CO.Fe/c1-2-4-5-3-1;1-5-2-6(3)4;2*1-2;/h1H;2H2,1H3,(H,3,4);;;/q-5;;;;+6/p-1. The summed E-state index contributed by atoms with van der Waals surface area (Å²) in [6.07, 6.45) is 0. The molecule has 0 bridgehead atoms.